The van der Waals surface area contributed by atoms with Crippen LogP contribution in [0.4, 0.5) is 0 Å². The number of nitrogens with zero attached hydrogens (tertiary/aromatic N) is 1. The lowest BCUT2D eigenvalue weighted by molar-refractivity contribution is -0.131. The molecule has 19 heavy (non-hydrogen) atoms. The number of hydrogen-bond acceptors (Lipinski definition) is 4. The van der Waals surface area contributed by atoms with Crippen molar-refractivity contribution in [3.05, 3.63) is 21.9 Å². The Hall–Kier alpha value is -0.520. The van der Waals surface area contributed by atoms with Gasteiger partial charge in [-0.3, -0.25) is 4.79 Å². The Morgan fingerprint density at radius 3 is 3.26 bits per heavy atom. The third-order valence-corrected chi connectivity index (χ3v) is 5.63. The molecule has 0 saturated heterocycles. The first-order valence-corrected chi connectivity index (χ1v) is 8.94. The fourth-order valence-corrected chi connectivity index (χ4v) is 3.43. The zero-order valence-corrected chi connectivity index (χ0v) is 13.3. The molecule has 0 saturated carbocycles. The van der Waals surface area contributed by atoms with Crippen LogP contribution in [0.2, 0.25) is 0 Å². The zero-order chi connectivity index (χ0) is 13.7. The standard InChI is InChI=1S/C14H22N2OS2/c1-11(18-2)3-6-15-9-14(17)16-7-4-13-12(10-16)5-8-19-13/h5,8,11,15H,3-4,6-7,9-10H2,1-2H3. The minimum Gasteiger partial charge on any atom is -0.337 e. The van der Waals surface area contributed by atoms with Crippen molar-refractivity contribution in [3.8, 4) is 0 Å². The van der Waals surface area contributed by atoms with Crippen molar-refractivity contribution in [1.82, 2.24) is 10.2 Å². The highest BCUT2D eigenvalue weighted by atomic mass is 32.2. The summed E-state index contributed by atoms with van der Waals surface area (Å²) >= 11 is 3.68. The van der Waals surface area contributed by atoms with Crippen molar-refractivity contribution >= 4 is 29.0 Å². The summed E-state index contributed by atoms with van der Waals surface area (Å²) < 4.78 is 0. The monoisotopic (exact) mass is 298 g/mol. The summed E-state index contributed by atoms with van der Waals surface area (Å²) in [7, 11) is 0. The summed E-state index contributed by atoms with van der Waals surface area (Å²) in [6.45, 7) is 5.28. The van der Waals surface area contributed by atoms with Gasteiger partial charge in [0.05, 0.1) is 6.54 Å². The summed E-state index contributed by atoms with van der Waals surface area (Å²) in [4.78, 5) is 15.5. The second-order valence-corrected chi connectivity index (χ2v) is 7.22. The van der Waals surface area contributed by atoms with Crippen molar-refractivity contribution in [1.29, 1.82) is 0 Å². The van der Waals surface area contributed by atoms with Gasteiger partial charge in [0.1, 0.15) is 0 Å². The minimum atomic E-state index is 0.230. The molecule has 0 radical (unpaired) electrons. The maximum absolute atomic E-state index is 12.1. The molecule has 3 nitrogen and oxygen atoms in total. The van der Waals surface area contributed by atoms with Crippen LogP contribution in [0.1, 0.15) is 23.8 Å². The lowest BCUT2D eigenvalue weighted by atomic mass is 10.1. The van der Waals surface area contributed by atoms with Crippen LogP contribution >= 0.6 is 23.1 Å². The number of fused-ring (bicyclic) bond motifs is 1. The van der Waals surface area contributed by atoms with E-state index < -0.39 is 0 Å². The SMILES string of the molecule is CSC(C)CCNCC(=O)N1CCc2sccc2C1. The molecule has 2 heterocycles. The summed E-state index contributed by atoms with van der Waals surface area (Å²) in [6.07, 6.45) is 4.26. The normalized spacial score (nSPS) is 16.2. The van der Waals surface area contributed by atoms with E-state index in [0.717, 1.165) is 32.5 Å². The number of thiophene rings is 1. The lowest BCUT2D eigenvalue weighted by Gasteiger charge is -2.27. The van der Waals surface area contributed by atoms with Gasteiger partial charge in [-0.1, -0.05) is 6.92 Å². The maximum Gasteiger partial charge on any atom is 0.236 e. The highest BCUT2D eigenvalue weighted by molar-refractivity contribution is 7.99. The lowest BCUT2D eigenvalue weighted by Crippen LogP contribution is -2.41. The van der Waals surface area contributed by atoms with Crippen LogP contribution in [0.15, 0.2) is 11.4 Å². The molecule has 0 aromatic carbocycles. The van der Waals surface area contributed by atoms with E-state index in [1.807, 2.05) is 28.0 Å². The predicted octanol–water partition coefficient (Wildman–Crippen LogP) is 2.36. The van der Waals surface area contributed by atoms with Gasteiger partial charge in [0.2, 0.25) is 5.91 Å². The second kappa shape index (κ2) is 7.31. The van der Waals surface area contributed by atoms with Crippen LogP contribution < -0.4 is 5.32 Å². The first kappa shape index (κ1) is 14.9. The van der Waals surface area contributed by atoms with Gasteiger partial charge in [-0.25, -0.2) is 0 Å². The van der Waals surface area contributed by atoms with E-state index in [1.54, 1.807) is 0 Å². The van der Waals surface area contributed by atoms with Crippen molar-refractivity contribution in [2.24, 2.45) is 0 Å². The fraction of sp³-hybridized carbons (Fsp3) is 0.643. The van der Waals surface area contributed by atoms with Crippen molar-refractivity contribution in [2.45, 2.75) is 31.6 Å². The van der Waals surface area contributed by atoms with Crippen LogP contribution in [-0.4, -0.2) is 41.9 Å². The molecule has 0 aliphatic carbocycles. The number of carbonyl (C=O) groups is 1. The van der Waals surface area contributed by atoms with Gasteiger partial charge in [0.25, 0.3) is 0 Å². The summed E-state index contributed by atoms with van der Waals surface area (Å²) in [5.74, 6) is 0.230. The number of rotatable bonds is 6. The third kappa shape index (κ3) is 4.23. The van der Waals surface area contributed by atoms with Crippen molar-refractivity contribution in [3.63, 3.8) is 0 Å². The first-order chi connectivity index (χ1) is 9.20. The zero-order valence-electron chi connectivity index (χ0n) is 11.6. The Morgan fingerprint density at radius 2 is 2.47 bits per heavy atom. The largest absolute Gasteiger partial charge is 0.337 e. The molecule has 1 aromatic rings. The van der Waals surface area contributed by atoms with Gasteiger partial charge in [0, 0.05) is 23.2 Å². The van der Waals surface area contributed by atoms with E-state index >= 15 is 0 Å². The van der Waals surface area contributed by atoms with Gasteiger partial charge < -0.3 is 10.2 Å². The van der Waals surface area contributed by atoms with Gasteiger partial charge in [-0.15, -0.1) is 11.3 Å². The second-order valence-electron chi connectivity index (χ2n) is 4.95. The average Bonchev–Trinajstić information content (AvgIpc) is 2.90. The quantitative estimate of drug-likeness (QED) is 0.818. The maximum atomic E-state index is 12.1. The highest BCUT2D eigenvalue weighted by Crippen LogP contribution is 2.23. The molecule has 2 rings (SSSR count). The van der Waals surface area contributed by atoms with Gasteiger partial charge in [0.15, 0.2) is 0 Å². The topological polar surface area (TPSA) is 32.3 Å². The predicted molar refractivity (Wildman–Crippen MR) is 83.9 cm³/mol. The number of amides is 1. The summed E-state index contributed by atoms with van der Waals surface area (Å²) in [5, 5.41) is 6.05. The smallest absolute Gasteiger partial charge is 0.236 e. The number of nitrogens with one attached hydrogen (secondary N) is 1. The molecule has 1 atom stereocenters. The highest BCUT2D eigenvalue weighted by Gasteiger charge is 2.20. The third-order valence-electron chi connectivity index (χ3n) is 3.57. The molecule has 1 aliphatic rings. The van der Waals surface area contributed by atoms with E-state index in [-0.39, 0.29) is 5.91 Å². The van der Waals surface area contributed by atoms with E-state index in [1.165, 1.54) is 10.4 Å². The molecule has 1 N–H and O–H groups in total. The number of carbonyl (C=O) groups excluding carboxylic acids is 1. The minimum absolute atomic E-state index is 0.230. The first-order valence-electron chi connectivity index (χ1n) is 6.77. The van der Waals surface area contributed by atoms with Crippen molar-refractivity contribution < 1.29 is 4.79 Å². The van der Waals surface area contributed by atoms with Crippen LogP contribution in [0, 0.1) is 0 Å². The molecule has 0 bridgehead atoms. The molecular formula is C14H22N2OS2. The molecule has 1 amide bonds. The molecule has 1 unspecified atom stereocenters. The molecule has 1 aromatic heterocycles. The van der Waals surface area contributed by atoms with Crippen LogP contribution in [0.3, 0.4) is 0 Å². The molecule has 0 fully saturated rings. The van der Waals surface area contributed by atoms with E-state index in [9.17, 15) is 4.79 Å². The van der Waals surface area contributed by atoms with Crippen molar-refractivity contribution in [2.75, 3.05) is 25.9 Å². The number of thioether (sulfide) groups is 1. The Labute approximate surface area is 123 Å². The molecule has 5 heteroatoms. The van der Waals surface area contributed by atoms with E-state index in [2.05, 4.69) is 29.9 Å². The van der Waals surface area contributed by atoms with Gasteiger partial charge >= 0.3 is 0 Å². The van der Waals surface area contributed by atoms with Gasteiger partial charge in [-0.2, -0.15) is 11.8 Å². The number of hydrogen-bond donors (Lipinski definition) is 1. The molecule has 1 aliphatic heterocycles. The molecule has 0 spiro atoms. The van der Waals surface area contributed by atoms with Crippen LogP contribution in [0.25, 0.3) is 0 Å². The van der Waals surface area contributed by atoms with E-state index in [4.69, 9.17) is 0 Å². The summed E-state index contributed by atoms with van der Waals surface area (Å²) in [6, 6.07) is 2.15. The van der Waals surface area contributed by atoms with Gasteiger partial charge in [-0.05, 0) is 42.7 Å². The Morgan fingerprint density at radius 1 is 1.63 bits per heavy atom. The molecule has 106 valence electrons. The fourth-order valence-electron chi connectivity index (χ4n) is 2.19. The van der Waals surface area contributed by atoms with Crippen LogP contribution in [0.5, 0.6) is 0 Å². The Kier molecular flexibility index (Phi) is 5.73. The summed E-state index contributed by atoms with van der Waals surface area (Å²) in [5.41, 5.74) is 1.33. The molecular weight excluding hydrogens is 276 g/mol. The van der Waals surface area contributed by atoms with E-state index in [0.29, 0.717) is 11.8 Å². The average molecular weight is 298 g/mol. The Balaban J connectivity index is 1.70. The van der Waals surface area contributed by atoms with Crippen LogP contribution in [-0.2, 0) is 17.8 Å². The Bertz CT molecular complexity index is 419.